The maximum absolute atomic E-state index is 5.60. The van der Waals surface area contributed by atoms with Gasteiger partial charge in [-0.05, 0) is 50.5 Å². The molecule has 0 amide bonds. The van der Waals surface area contributed by atoms with Gasteiger partial charge in [0.25, 0.3) is 0 Å². The monoisotopic (exact) mass is 230 g/mol. The molecule has 90 valence electrons. The third-order valence-corrected chi connectivity index (χ3v) is 3.70. The number of aryl methyl sites for hydroxylation is 2. The summed E-state index contributed by atoms with van der Waals surface area (Å²) in [5.74, 6) is 1.51. The Labute approximate surface area is 101 Å². The molecule has 0 spiro atoms. The topological polar surface area (TPSA) is 37.9 Å². The molecule has 2 aromatic rings. The second-order valence-electron chi connectivity index (χ2n) is 5.15. The van der Waals surface area contributed by atoms with Gasteiger partial charge in [-0.25, -0.2) is 4.98 Å². The Balaban J connectivity index is 2.02. The Morgan fingerprint density at radius 2 is 2.06 bits per heavy atom. The molecule has 0 bridgehead atoms. The van der Waals surface area contributed by atoms with Gasteiger partial charge in [0, 0.05) is 5.92 Å². The molecular weight excluding hydrogens is 212 g/mol. The second kappa shape index (κ2) is 3.84. The first-order chi connectivity index (χ1) is 8.13. The SMILES string of the molecule is Cc1cc2nc(C3COC(C)C3)[nH]c2cc1C. The third kappa shape index (κ3) is 1.84. The molecule has 3 nitrogen and oxygen atoms in total. The van der Waals surface area contributed by atoms with Gasteiger partial charge in [-0.2, -0.15) is 0 Å². The van der Waals surface area contributed by atoms with Crippen LogP contribution >= 0.6 is 0 Å². The zero-order chi connectivity index (χ0) is 12.0. The fourth-order valence-corrected chi connectivity index (χ4v) is 2.49. The number of nitrogens with one attached hydrogen (secondary N) is 1. The lowest BCUT2D eigenvalue weighted by Gasteiger charge is -2.01. The largest absolute Gasteiger partial charge is 0.378 e. The van der Waals surface area contributed by atoms with Crippen LogP contribution in [0.5, 0.6) is 0 Å². The molecule has 1 aliphatic heterocycles. The van der Waals surface area contributed by atoms with E-state index in [-0.39, 0.29) is 0 Å². The Morgan fingerprint density at radius 3 is 2.76 bits per heavy atom. The minimum atomic E-state index is 0.358. The first-order valence-electron chi connectivity index (χ1n) is 6.22. The van der Waals surface area contributed by atoms with Gasteiger partial charge in [-0.15, -0.1) is 0 Å². The van der Waals surface area contributed by atoms with Crippen LogP contribution in [0.2, 0.25) is 0 Å². The summed E-state index contributed by atoms with van der Waals surface area (Å²) in [6.07, 6.45) is 1.43. The van der Waals surface area contributed by atoms with E-state index in [1.165, 1.54) is 11.1 Å². The lowest BCUT2D eigenvalue weighted by molar-refractivity contribution is 0.123. The lowest BCUT2D eigenvalue weighted by Crippen LogP contribution is -1.99. The molecule has 1 aliphatic rings. The van der Waals surface area contributed by atoms with E-state index in [1.54, 1.807) is 0 Å². The number of aromatic amines is 1. The molecule has 2 heterocycles. The van der Waals surface area contributed by atoms with Gasteiger partial charge in [0.2, 0.25) is 0 Å². The minimum Gasteiger partial charge on any atom is -0.378 e. The van der Waals surface area contributed by atoms with Crippen molar-refractivity contribution in [2.24, 2.45) is 0 Å². The molecule has 3 heteroatoms. The highest BCUT2D eigenvalue weighted by atomic mass is 16.5. The van der Waals surface area contributed by atoms with Crippen molar-refractivity contribution in [2.45, 2.75) is 39.2 Å². The van der Waals surface area contributed by atoms with Crippen molar-refractivity contribution in [2.75, 3.05) is 6.61 Å². The highest BCUT2D eigenvalue weighted by Crippen LogP contribution is 2.29. The molecule has 1 fully saturated rings. The molecule has 1 aromatic heterocycles. The standard InChI is InChI=1S/C14H18N2O/c1-8-4-12-13(5-9(8)2)16-14(15-12)11-6-10(3)17-7-11/h4-5,10-11H,6-7H2,1-3H3,(H,15,16). The summed E-state index contributed by atoms with van der Waals surface area (Å²) in [5, 5.41) is 0. The number of nitrogens with zero attached hydrogens (tertiary/aromatic N) is 1. The fourth-order valence-electron chi connectivity index (χ4n) is 2.49. The highest BCUT2D eigenvalue weighted by Gasteiger charge is 2.26. The predicted molar refractivity (Wildman–Crippen MR) is 68.3 cm³/mol. The number of aromatic nitrogens is 2. The molecule has 0 saturated carbocycles. The summed E-state index contributed by atoms with van der Waals surface area (Å²) >= 11 is 0. The molecule has 2 unspecified atom stereocenters. The van der Waals surface area contributed by atoms with Crippen molar-refractivity contribution < 1.29 is 4.74 Å². The lowest BCUT2D eigenvalue weighted by atomic mass is 10.1. The quantitative estimate of drug-likeness (QED) is 0.817. The van der Waals surface area contributed by atoms with Crippen molar-refractivity contribution in [1.82, 2.24) is 9.97 Å². The first-order valence-corrected chi connectivity index (χ1v) is 6.22. The molecule has 2 atom stereocenters. The van der Waals surface area contributed by atoms with Crippen LogP contribution in [0.4, 0.5) is 0 Å². The molecule has 1 aromatic carbocycles. The predicted octanol–water partition coefficient (Wildman–Crippen LogP) is 3.07. The average molecular weight is 230 g/mol. The van der Waals surface area contributed by atoms with Crippen LogP contribution < -0.4 is 0 Å². The number of hydrogen-bond donors (Lipinski definition) is 1. The summed E-state index contributed by atoms with van der Waals surface area (Å²) in [5.41, 5.74) is 4.82. The zero-order valence-corrected chi connectivity index (χ0v) is 10.6. The first kappa shape index (κ1) is 10.8. The Kier molecular flexibility index (Phi) is 2.44. The van der Waals surface area contributed by atoms with Gasteiger partial charge in [0.05, 0.1) is 23.7 Å². The van der Waals surface area contributed by atoms with E-state index in [0.29, 0.717) is 12.0 Å². The Morgan fingerprint density at radius 1 is 1.29 bits per heavy atom. The molecule has 3 rings (SSSR count). The van der Waals surface area contributed by atoms with Crippen LogP contribution in [-0.4, -0.2) is 22.7 Å². The van der Waals surface area contributed by atoms with Crippen LogP contribution in [0.25, 0.3) is 11.0 Å². The number of hydrogen-bond acceptors (Lipinski definition) is 2. The van der Waals surface area contributed by atoms with Gasteiger partial charge in [-0.1, -0.05) is 0 Å². The summed E-state index contributed by atoms with van der Waals surface area (Å²) < 4.78 is 5.60. The zero-order valence-electron chi connectivity index (χ0n) is 10.6. The van der Waals surface area contributed by atoms with Crippen molar-refractivity contribution in [1.29, 1.82) is 0 Å². The maximum Gasteiger partial charge on any atom is 0.112 e. The van der Waals surface area contributed by atoms with Gasteiger partial charge in [0.15, 0.2) is 0 Å². The highest BCUT2D eigenvalue weighted by molar-refractivity contribution is 5.77. The summed E-state index contributed by atoms with van der Waals surface area (Å²) in [6.45, 7) is 7.18. The van der Waals surface area contributed by atoms with E-state index >= 15 is 0 Å². The van der Waals surface area contributed by atoms with Crippen LogP contribution in [0.15, 0.2) is 12.1 Å². The van der Waals surface area contributed by atoms with E-state index < -0.39 is 0 Å². The van der Waals surface area contributed by atoms with Gasteiger partial charge >= 0.3 is 0 Å². The van der Waals surface area contributed by atoms with Gasteiger partial charge in [-0.3, -0.25) is 0 Å². The smallest absolute Gasteiger partial charge is 0.112 e. The van der Waals surface area contributed by atoms with E-state index in [0.717, 1.165) is 29.9 Å². The second-order valence-corrected chi connectivity index (χ2v) is 5.15. The summed E-state index contributed by atoms with van der Waals surface area (Å²) in [6, 6.07) is 4.34. The summed E-state index contributed by atoms with van der Waals surface area (Å²) in [7, 11) is 0. The van der Waals surface area contributed by atoms with Crippen molar-refractivity contribution in [3.8, 4) is 0 Å². The Hall–Kier alpha value is -1.35. The van der Waals surface area contributed by atoms with E-state index in [9.17, 15) is 0 Å². The van der Waals surface area contributed by atoms with Crippen LogP contribution in [0.1, 0.15) is 36.2 Å². The third-order valence-electron chi connectivity index (χ3n) is 3.70. The van der Waals surface area contributed by atoms with E-state index in [1.807, 2.05) is 0 Å². The number of fused-ring (bicyclic) bond motifs is 1. The number of rotatable bonds is 1. The maximum atomic E-state index is 5.60. The summed E-state index contributed by atoms with van der Waals surface area (Å²) in [4.78, 5) is 8.13. The Bertz CT molecular complexity index is 520. The fraction of sp³-hybridized carbons (Fsp3) is 0.500. The molecule has 17 heavy (non-hydrogen) atoms. The molecular formula is C14H18N2O. The number of H-pyrrole nitrogens is 1. The molecule has 0 radical (unpaired) electrons. The van der Waals surface area contributed by atoms with Crippen molar-refractivity contribution in [3.05, 3.63) is 29.1 Å². The number of ether oxygens (including phenoxy) is 1. The molecule has 1 N–H and O–H groups in total. The normalized spacial score (nSPS) is 24.6. The average Bonchev–Trinajstić information content (AvgIpc) is 2.85. The number of imidazole rings is 1. The minimum absolute atomic E-state index is 0.358. The van der Waals surface area contributed by atoms with Crippen LogP contribution in [0, 0.1) is 13.8 Å². The van der Waals surface area contributed by atoms with E-state index in [4.69, 9.17) is 9.72 Å². The number of benzene rings is 1. The van der Waals surface area contributed by atoms with Crippen LogP contribution in [0.3, 0.4) is 0 Å². The van der Waals surface area contributed by atoms with Gasteiger partial charge in [0.1, 0.15) is 5.82 Å². The molecule has 1 saturated heterocycles. The van der Waals surface area contributed by atoms with Crippen molar-refractivity contribution >= 4 is 11.0 Å². The van der Waals surface area contributed by atoms with Gasteiger partial charge < -0.3 is 9.72 Å². The van der Waals surface area contributed by atoms with E-state index in [2.05, 4.69) is 37.9 Å². The van der Waals surface area contributed by atoms with Crippen molar-refractivity contribution in [3.63, 3.8) is 0 Å². The molecule has 0 aliphatic carbocycles. The van der Waals surface area contributed by atoms with Crippen LogP contribution in [-0.2, 0) is 4.74 Å².